The molecule has 0 aliphatic carbocycles. The quantitative estimate of drug-likeness (QED) is 0.274. The number of aliphatic carboxylic acids is 1. The highest BCUT2D eigenvalue weighted by atomic mass is 16.7. The topological polar surface area (TPSA) is 108 Å². The number of esters is 1. The van der Waals surface area contributed by atoms with Gasteiger partial charge in [-0.05, 0) is 76.1 Å². The summed E-state index contributed by atoms with van der Waals surface area (Å²) in [4.78, 5) is 37.0. The Bertz CT molecular complexity index is 1030. The Morgan fingerprint density at radius 2 is 1.57 bits per heavy atom. The van der Waals surface area contributed by atoms with E-state index in [0.717, 1.165) is 24.8 Å². The summed E-state index contributed by atoms with van der Waals surface area (Å²) in [5, 5.41) is 9.71. The third-order valence-electron chi connectivity index (χ3n) is 5.57. The number of hydrogen-bond acceptors (Lipinski definition) is 7. The second-order valence-corrected chi connectivity index (χ2v) is 9.96. The molecule has 0 radical (unpaired) electrons. The molecule has 0 saturated carbocycles. The van der Waals surface area contributed by atoms with Gasteiger partial charge in [0.25, 0.3) is 0 Å². The molecule has 0 amide bonds. The van der Waals surface area contributed by atoms with Gasteiger partial charge in [0.15, 0.2) is 0 Å². The molecule has 0 fully saturated rings. The predicted molar refractivity (Wildman–Crippen MR) is 138 cm³/mol. The second kappa shape index (κ2) is 14.4. The Hall–Kier alpha value is -3.39. The van der Waals surface area contributed by atoms with Crippen LogP contribution in [0.15, 0.2) is 48.5 Å². The van der Waals surface area contributed by atoms with E-state index in [2.05, 4.69) is 32.0 Å². The number of benzene rings is 2. The minimum absolute atomic E-state index is 0.0751. The first kappa shape index (κ1) is 29.8. The molecular weight excluding hydrogens is 476 g/mol. The highest BCUT2D eigenvalue weighted by Gasteiger charge is 2.40. The van der Waals surface area contributed by atoms with E-state index in [-0.39, 0.29) is 13.2 Å². The molecule has 0 spiro atoms. The van der Waals surface area contributed by atoms with E-state index in [1.807, 2.05) is 6.07 Å². The number of carbonyl (C=O) groups is 3. The highest BCUT2D eigenvalue weighted by molar-refractivity contribution is 5.86. The van der Waals surface area contributed by atoms with Gasteiger partial charge in [-0.2, -0.15) is 0 Å². The molecule has 2 atom stereocenters. The summed E-state index contributed by atoms with van der Waals surface area (Å²) >= 11 is 0. The predicted octanol–water partition coefficient (Wildman–Crippen LogP) is 5.55. The maximum atomic E-state index is 12.9. The average Bonchev–Trinajstić information content (AvgIpc) is 2.82. The van der Waals surface area contributed by atoms with Gasteiger partial charge in [-0.15, -0.1) is 0 Å². The zero-order chi connectivity index (χ0) is 27.4. The van der Waals surface area contributed by atoms with Crippen molar-refractivity contribution < 1.29 is 38.4 Å². The third kappa shape index (κ3) is 11.0. The van der Waals surface area contributed by atoms with Gasteiger partial charge in [-0.3, -0.25) is 0 Å². The Balaban J connectivity index is 1.98. The summed E-state index contributed by atoms with van der Waals surface area (Å²) in [6, 6.07) is 15.3. The Kier molecular flexibility index (Phi) is 11.6. The van der Waals surface area contributed by atoms with Crippen LogP contribution < -0.4 is 0 Å². The molecule has 2 aromatic carbocycles. The molecule has 0 bridgehead atoms. The summed E-state index contributed by atoms with van der Waals surface area (Å²) < 4.78 is 21.0. The van der Waals surface area contributed by atoms with Gasteiger partial charge < -0.3 is 24.1 Å². The lowest BCUT2D eigenvalue weighted by Crippen LogP contribution is -2.46. The van der Waals surface area contributed by atoms with Crippen LogP contribution in [0.2, 0.25) is 0 Å². The van der Waals surface area contributed by atoms with E-state index in [4.69, 9.17) is 18.9 Å². The smallest absolute Gasteiger partial charge is 0.478 e. The molecule has 2 aromatic rings. The summed E-state index contributed by atoms with van der Waals surface area (Å²) in [6.45, 7) is 9.03. The van der Waals surface area contributed by atoms with Crippen molar-refractivity contribution >= 4 is 18.1 Å². The average molecular weight is 515 g/mol. The summed E-state index contributed by atoms with van der Waals surface area (Å²) in [7, 11) is 0. The zero-order valence-corrected chi connectivity index (χ0v) is 22.3. The first-order valence-corrected chi connectivity index (χ1v) is 12.5. The minimum atomic E-state index is -1.92. The van der Waals surface area contributed by atoms with Crippen molar-refractivity contribution in [2.75, 3.05) is 6.61 Å². The zero-order valence-electron chi connectivity index (χ0n) is 22.3. The third-order valence-corrected chi connectivity index (χ3v) is 5.57. The fraction of sp³-hybridized carbons (Fsp3) is 0.483. The number of carbonyl (C=O) groups excluding carboxylic acids is 2. The summed E-state index contributed by atoms with van der Waals surface area (Å²) in [5.74, 6) is -2.47. The lowest BCUT2D eigenvalue weighted by Gasteiger charge is -2.25. The van der Waals surface area contributed by atoms with Crippen LogP contribution in [0.4, 0.5) is 4.79 Å². The van der Waals surface area contributed by atoms with Crippen molar-refractivity contribution in [1.82, 2.24) is 0 Å². The monoisotopic (exact) mass is 514 g/mol. The number of hydrogen-bond donors (Lipinski definition) is 1. The standard InChI is InChI=1S/C29H38O8/c1-20-15-16-22(18-21(20)2)12-10-7-11-17-34-25(27(32)35-19-23-13-8-6-9-14-23)24(26(30)31)36-28(33)37-29(3,4)5/h6,8-9,13-16,18,24-25H,7,10-12,17,19H2,1-5H3,(H,30,31)/t24-,25-/m1/s1. The van der Waals surface area contributed by atoms with Gasteiger partial charge in [0, 0.05) is 6.61 Å². The van der Waals surface area contributed by atoms with Crippen molar-refractivity contribution in [1.29, 1.82) is 0 Å². The molecule has 0 aliphatic rings. The van der Waals surface area contributed by atoms with Crippen molar-refractivity contribution in [2.24, 2.45) is 0 Å². The molecular formula is C29H38O8. The van der Waals surface area contributed by atoms with Gasteiger partial charge in [0.2, 0.25) is 12.2 Å². The van der Waals surface area contributed by atoms with Crippen LogP contribution in [-0.2, 0) is 41.6 Å². The first-order valence-electron chi connectivity index (χ1n) is 12.5. The van der Waals surface area contributed by atoms with Crippen LogP contribution in [-0.4, -0.2) is 47.6 Å². The van der Waals surface area contributed by atoms with Crippen LogP contribution in [0.1, 0.15) is 62.3 Å². The van der Waals surface area contributed by atoms with Gasteiger partial charge in [0.05, 0.1) is 0 Å². The maximum Gasteiger partial charge on any atom is 0.509 e. The number of rotatable bonds is 13. The van der Waals surface area contributed by atoms with Gasteiger partial charge in [0.1, 0.15) is 12.2 Å². The van der Waals surface area contributed by atoms with Gasteiger partial charge in [-0.25, -0.2) is 14.4 Å². The van der Waals surface area contributed by atoms with Crippen molar-refractivity contribution in [2.45, 2.75) is 84.7 Å². The van der Waals surface area contributed by atoms with Crippen molar-refractivity contribution in [3.63, 3.8) is 0 Å². The summed E-state index contributed by atoms with van der Waals surface area (Å²) in [5.41, 5.74) is 3.58. The molecule has 37 heavy (non-hydrogen) atoms. The van der Waals surface area contributed by atoms with Gasteiger partial charge >= 0.3 is 18.1 Å². The van der Waals surface area contributed by atoms with E-state index in [0.29, 0.717) is 6.42 Å². The Labute approximate surface area is 218 Å². The maximum absolute atomic E-state index is 12.9. The molecule has 1 N–H and O–H groups in total. The second-order valence-electron chi connectivity index (χ2n) is 9.96. The molecule has 0 aliphatic heterocycles. The highest BCUT2D eigenvalue weighted by Crippen LogP contribution is 2.16. The molecule has 0 heterocycles. The number of ether oxygens (including phenoxy) is 4. The van der Waals surface area contributed by atoms with Crippen molar-refractivity contribution in [3.05, 3.63) is 70.8 Å². The molecule has 8 heteroatoms. The molecule has 0 saturated heterocycles. The van der Waals surface area contributed by atoms with E-state index in [1.54, 1.807) is 45.0 Å². The normalized spacial score (nSPS) is 12.9. The largest absolute Gasteiger partial charge is 0.509 e. The molecule has 2 rings (SSSR count). The lowest BCUT2D eigenvalue weighted by molar-refractivity contribution is -0.178. The molecule has 0 aromatic heterocycles. The van der Waals surface area contributed by atoms with E-state index in [1.165, 1.54) is 16.7 Å². The molecule has 8 nitrogen and oxygen atoms in total. The fourth-order valence-corrected chi connectivity index (χ4v) is 3.49. The number of unbranched alkanes of at least 4 members (excludes halogenated alkanes) is 2. The summed E-state index contributed by atoms with van der Waals surface area (Å²) in [6.07, 6.45) is -1.57. The number of carboxylic acid groups (broad SMARTS) is 1. The lowest BCUT2D eigenvalue weighted by atomic mass is 10.0. The van der Waals surface area contributed by atoms with E-state index < -0.39 is 35.9 Å². The minimum Gasteiger partial charge on any atom is -0.478 e. The van der Waals surface area contributed by atoms with Crippen LogP contribution in [0.5, 0.6) is 0 Å². The van der Waals surface area contributed by atoms with Crippen LogP contribution in [0, 0.1) is 13.8 Å². The molecule has 0 unspecified atom stereocenters. The van der Waals surface area contributed by atoms with Crippen LogP contribution >= 0.6 is 0 Å². The Morgan fingerprint density at radius 3 is 2.19 bits per heavy atom. The van der Waals surface area contributed by atoms with Crippen molar-refractivity contribution in [3.8, 4) is 0 Å². The number of aryl methyl sites for hydroxylation is 3. The van der Waals surface area contributed by atoms with E-state index in [9.17, 15) is 19.5 Å². The Morgan fingerprint density at radius 1 is 0.865 bits per heavy atom. The molecule has 202 valence electrons. The fourth-order valence-electron chi connectivity index (χ4n) is 3.49. The van der Waals surface area contributed by atoms with E-state index >= 15 is 0 Å². The first-order chi connectivity index (χ1) is 17.5. The van der Waals surface area contributed by atoms with Crippen LogP contribution in [0.3, 0.4) is 0 Å². The number of carboxylic acids is 1. The SMILES string of the molecule is Cc1ccc(CCCCCO[C@@H](C(=O)OCc2ccccc2)[C@@H](OC(=O)OC(C)(C)C)C(=O)O)cc1C. The van der Waals surface area contributed by atoms with Crippen LogP contribution in [0.25, 0.3) is 0 Å². The van der Waals surface area contributed by atoms with Gasteiger partial charge in [-0.1, -0.05) is 55.0 Å².